The lowest BCUT2D eigenvalue weighted by molar-refractivity contribution is -0.138. The van der Waals surface area contributed by atoms with E-state index in [0.29, 0.717) is 29.5 Å². The normalized spacial score (nSPS) is 10.3. The second-order valence-corrected chi connectivity index (χ2v) is 6.77. The monoisotopic (exact) mass is 361 g/mol. The van der Waals surface area contributed by atoms with E-state index in [1.807, 2.05) is 26.8 Å². The van der Waals surface area contributed by atoms with Crippen molar-refractivity contribution >= 4 is 35.6 Å². The van der Waals surface area contributed by atoms with Crippen LogP contribution in [0, 0.1) is 0 Å². The van der Waals surface area contributed by atoms with E-state index in [1.165, 1.54) is 0 Å². The number of nitrogens with one attached hydrogen (secondary N) is 1. The van der Waals surface area contributed by atoms with Crippen LogP contribution in [0.2, 0.25) is 10.0 Å². The van der Waals surface area contributed by atoms with E-state index < -0.39 is 0 Å². The van der Waals surface area contributed by atoms with E-state index >= 15 is 0 Å². The lowest BCUT2D eigenvalue weighted by atomic mass is 10.2. The predicted octanol–water partition coefficient (Wildman–Crippen LogP) is 4.76. The smallest absolute Gasteiger partial charge is 0.293 e. The van der Waals surface area contributed by atoms with Crippen LogP contribution in [0.25, 0.3) is 0 Å². The molecule has 0 unspecified atom stereocenters. The van der Waals surface area contributed by atoms with Crippen molar-refractivity contribution in [2.24, 2.45) is 0 Å². The van der Waals surface area contributed by atoms with Gasteiger partial charge in [-0.1, -0.05) is 42.6 Å². The van der Waals surface area contributed by atoms with Crippen LogP contribution in [0.4, 0.5) is 0 Å². The molecule has 0 bridgehead atoms. The Morgan fingerprint density at radius 3 is 2.35 bits per heavy atom. The maximum Gasteiger partial charge on any atom is 0.293 e. The van der Waals surface area contributed by atoms with Crippen LogP contribution in [0.3, 0.4) is 0 Å². The summed E-state index contributed by atoms with van der Waals surface area (Å²) in [6.07, 6.45) is 2.53. The summed E-state index contributed by atoms with van der Waals surface area (Å²) in [5.74, 6) is 0.0768. The fourth-order valence-electron chi connectivity index (χ4n) is 1.42. The Balaban J connectivity index is 0.000000585. The molecule has 130 valence electrons. The summed E-state index contributed by atoms with van der Waals surface area (Å²) in [6.45, 7) is 8.48. The third-order valence-electron chi connectivity index (χ3n) is 2.63. The summed E-state index contributed by atoms with van der Waals surface area (Å²) in [5.41, 5.74) is 0.640. The molecule has 23 heavy (non-hydrogen) atoms. The Hall–Kier alpha value is -1.26. The minimum atomic E-state index is -0.318. The number of carbonyl (C=O) groups excluding carboxylic acids is 2. The molecule has 0 saturated carbocycles. The van der Waals surface area contributed by atoms with Gasteiger partial charge in [0.15, 0.2) is 0 Å². The number of halogens is 2. The van der Waals surface area contributed by atoms with Gasteiger partial charge in [0.05, 0.1) is 10.0 Å². The highest BCUT2D eigenvalue weighted by Crippen LogP contribution is 2.22. The highest BCUT2D eigenvalue weighted by Gasteiger charge is 2.07. The van der Waals surface area contributed by atoms with Crippen molar-refractivity contribution in [3.63, 3.8) is 0 Å². The average Bonchev–Trinajstić information content (AvgIpc) is 2.45. The van der Waals surface area contributed by atoms with Crippen LogP contribution in [0.15, 0.2) is 18.2 Å². The first kappa shape index (κ1) is 21.7. The van der Waals surface area contributed by atoms with Crippen LogP contribution in [-0.4, -0.2) is 18.0 Å². The highest BCUT2D eigenvalue weighted by atomic mass is 35.5. The number of carbonyl (C=O) groups is 2. The summed E-state index contributed by atoms with van der Waals surface area (Å²) in [6, 6.07) is 5.36. The topological polar surface area (TPSA) is 55.4 Å². The summed E-state index contributed by atoms with van der Waals surface area (Å²) in [7, 11) is 0. The lowest BCUT2D eigenvalue weighted by Crippen LogP contribution is -2.22. The van der Waals surface area contributed by atoms with Crippen molar-refractivity contribution < 1.29 is 14.3 Å². The van der Waals surface area contributed by atoms with Gasteiger partial charge in [-0.15, -0.1) is 0 Å². The van der Waals surface area contributed by atoms with Crippen molar-refractivity contribution in [1.82, 2.24) is 5.32 Å². The zero-order valence-corrected chi connectivity index (χ0v) is 15.6. The van der Waals surface area contributed by atoms with Gasteiger partial charge in [0.25, 0.3) is 6.47 Å². The molecule has 4 nitrogen and oxygen atoms in total. The second kappa shape index (κ2) is 11.3. The quantitative estimate of drug-likeness (QED) is 0.743. The van der Waals surface area contributed by atoms with Crippen LogP contribution < -0.4 is 5.32 Å². The molecule has 0 spiro atoms. The maximum absolute atomic E-state index is 11.4. The summed E-state index contributed by atoms with van der Waals surface area (Å²) >= 11 is 11.7. The fraction of sp³-hybridized carbons (Fsp3) is 0.529. The fourth-order valence-corrected chi connectivity index (χ4v) is 1.74. The number of rotatable bonds is 6. The molecule has 0 fully saturated rings. The summed E-state index contributed by atoms with van der Waals surface area (Å²) in [4.78, 5) is 21.0. The molecule has 0 aliphatic heterocycles. The molecular formula is C17H25Cl2NO3. The molecule has 6 heteroatoms. The third-order valence-corrected chi connectivity index (χ3v) is 3.37. The molecule has 0 aliphatic rings. The van der Waals surface area contributed by atoms with Crippen molar-refractivity contribution in [3.8, 4) is 0 Å². The van der Waals surface area contributed by atoms with Gasteiger partial charge in [0.1, 0.15) is 5.60 Å². The molecule has 0 saturated heterocycles. The minimum absolute atomic E-state index is 0.0768. The zero-order valence-electron chi connectivity index (χ0n) is 14.1. The molecule has 1 rings (SSSR count). The Kier molecular flexibility index (Phi) is 10.7. The number of benzene rings is 1. The number of ether oxygens (including phenoxy) is 1. The number of amides is 1. The summed E-state index contributed by atoms with van der Waals surface area (Å²) in [5, 5.41) is 3.89. The van der Waals surface area contributed by atoms with Crippen LogP contribution in [0.5, 0.6) is 0 Å². The molecule has 0 heterocycles. The van der Waals surface area contributed by atoms with Gasteiger partial charge in [0, 0.05) is 13.0 Å². The van der Waals surface area contributed by atoms with E-state index in [4.69, 9.17) is 23.2 Å². The molecule has 1 amide bonds. The minimum Gasteiger partial charge on any atom is -0.462 e. The lowest BCUT2D eigenvalue weighted by Gasteiger charge is -2.14. The Morgan fingerprint density at radius 1 is 1.26 bits per heavy atom. The van der Waals surface area contributed by atoms with Gasteiger partial charge in [-0.05, 0) is 44.9 Å². The zero-order chi connectivity index (χ0) is 17.9. The van der Waals surface area contributed by atoms with Crippen molar-refractivity contribution in [2.75, 3.05) is 0 Å². The SMILES string of the molecule is CC(C)(C)OC=O.CCCCC(=O)NCc1ccc(Cl)c(Cl)c1. The largest absolute Gasteiger partial charge is 0.462 e. The molecular weight excluding hydrogens is 337 g/mol. The Bertz CT molecular complexity index is 499. The van der Waals surface area contributed by atoms with Crippen LogP contribution in [-0.2, 0) is 20.9 Å². The van der Waals surface area contributed by atoms with Crippen LogP contribution >= 0.6 is 23.2 Å². The maximum atomic E-state index is 11.4. The van der Waals surface area contributed by atoms with E-state index in [2.05, 4.69) is 17.0 Å². The first-order valence-corrected chi connectivity index (χ1v) is 8.27. The Labute approximate surface area is 148 Å². The molecule has 0 atom stereocenters. The molecule has 0 radical (unpaired) electrons. The van der Waals surface area contributed by atoms with E-state index in [9.17, 15) is 9.59 Å². The standard InChI is InChI=1S/C12H15Cl2NO.C5H10O2/c1-2-3-4-12(16)15-8-9-5-6-10(13)11(14)7-9;1-5(2,3)7-4-6/h5-7H,2-4,8H2,1H3,(H,15,16);4H,1-3H3. The summed E-state index contributed by atoms with van der Waals surface area (Å²) < 4.78 is 4.55. The van der Waals surface area contributed by atoms with E-state index in [1.54, 1.807) is 12.1 Å². The first-order valence-electron chi connectivity index (χ1n) is 7.51. The van der Waals surface area contributed by atoms with Gasteiger partial charge in [-0.25, -0.2) is 0 Å². The molecule has 1 aromatic rings. The van der Waals surface area contributed by atoms with Gasteiger partial charge in [0.2, 0.25) is 5.91 Å². The van der Waals surface area contributed by atoms with Crippen molar-refractivity contribution in [3.05, 3.63) is 33.8 Å². The number of hydrogen-bond acceptors (Lipinski definition) is 3. The number of unbranched alkanes of at least 4 members (excludes halogenated alkanes) is 1. The number of hydrogen-bond donors (Lipinski definition) is 1. The third kappa shape index (κ3) is 11.9. The van der Waals surface area contributed by atoms with Crippen molar-refractivity contribution in [1.29, 1.82) is 0 Å². The average molecular weight is 362 g/mol. The highest BCUT2D eigenvalue weighted by molar-refractivity contribution is 6.42. The molecule has 1 N–H and O–H groups in total. The van der Waals surface area contributed by atoms with Crippen LogP contribution in [0.1, 0.15) is 52.5 Å². The molecule has 0 aliphatic carbocycles. The van der Waals surface area contributed by atoms with Crippen molar-refractivity contribution in [2.45, 2.75) is 59.1 Å². The first-order chi connectivity index (χ1) is 10.7. The van der Waals surface area contributed by atoms with Gasteiger partial charge in [-0.3, -0.25) is 9.59 Å². The molecule has 1 aromatic carbocycles. The molecule has 0 aromatic heterocycles. The van der Waals surface area contributed by atoms with E-state index in [0.717, 1.165) is 18.4 Å². The predicted molar refractivity (Wildman–Crippen MR) is 94.7 cm³/mol. The second-order valence-electron chi connectivity index (χ2n) is 5.96. The van der Waals surface area contributed by atoms with Gasteiger partial charge < -0.3 is 10.1 Å². The van der Waals surface area contributed by atoms with Gasteiger partial charge in [-0.2, -0.15) is 0 Å². The Morgan fingerprint density at radius 2 is 1.91 bits per heavy atom. The van der Waals surface area contributed by atoms with Gasteiger partial charge >= 0.3 is 0 Å². The van der Waals surface area contributed by atoms with E-state index in [-0.39, 0.29) is 11.5 Å².